The second-order valence-electron chi connectivity index (χ2n) is 3.64. The Bertz CT molecular complexity index is 651. The predicted molar refractivity (Wildman–Crippen MR) is 66.7 cm³/mol. The van der Waals surface area contributed by atoms with E-state index in [2.05, 4.69) is 32.3 Å². The van der Waals surface area contributed by atoms with Gasteiger partial charge in [0.15, 0.2) is 5.82 Å². The van der Waals surface area contributed by atoms with Crippen molar-refractivity contribution in [3.8, 4) is 0 Å². The van der Waals surface area contributed by atoms with Gasteiger partial charge < -0.3 is 4.98 Å². The molecule has 4 heteroatoms. The van der Waals surface area contributed by atoms with E-state index in [1.54, 1.807) is 12.5 Å². The lowest BCUT2D eigenvalue weighted by atomic mass is 10.1. The average Bonchev–Trinajstić information content (AvgIpc) is 2.89. The van der Waals surface area contributed by atoms with Gasteiger partial charge in [0.05, 0.1) is 18.2 Å². The first-order chi connectivity index (χ1) is 8.43. The zero-order valence-corrected chi connectivity index (χ0v) is 9.04. The zero-order chi connectivity index (χ0) is 11.5. The minimum atomic E-state index is 0.651. The Morgan fingerprint density at radius 3 is 2.71 bits per heavy atom. The molecule has 0 amide bonds. The van der Waals surface area contributed by atoms with Crippen molar-refractivity contribution in [1.29, 1.82) is 0 Å². The summed E-state index contributed by atoms with van der Waals surface area (Å²) in [7, 11) is 0. The molecule has 3 aromatic rings. The highest BCUT2D eigenvalue weighted by Gasteiger charge is 1.98. The Kier molecular flexibility index (Phi) is 2.38. The van der Waals surface area contributed by atoms with Crippen LogP contribution in [0.25, 0.3) is 10.8 Å². The van der Waals surface area contributed by atoms with Crippen molar-refractivity contribution in [2.24, 2.45) is 10.2 Å². The number of hydrogen-bond acceptors (Lipinski definition) is 3. The van der Waals surface area contributed by atoms with E-state index in [0.717, 1.165) is 16.5 Å². The number of H-pyrrole nitrogens is 1. The molecule has 0 radical (unpaired) electrons. The van der Waals surface area contributed by atoms with E-state index in [0.29, 0.717) is 5.82 Å². The van der Waals surface area contributed by atoms with Crippen LogP contribution in [-0.2, 0) is 0 Å². The fraction of sp³-hybridized carbons (Fsp3) is 0. The molecule has 4 nitrogen and oxygen atoms in total. The van der Waals surface area contributed by atoms with Gasteiger partial charge in [-0.25, -0.2) is 4.98 Å². The molecule has 0 aliphatic rings. The van der Waals surface area contributed by atoms with Gasteiger partial charge in [-0.3, -0.25) is 0 Å². The number of nitrogens with one attached hydrogen (secondary N) is 1. The van der Waals surface area contributed by atoms with Crippen molar-refractivity contribution >= 4 is 22.3 Å². The van der Waals surface area contributed by atoms with Gasteiger partial charge in [-0.05, 0) is 11.5 Å². The van der Waals surface area contributed by atoms with Crippen molar-refractivity contribution < 1.29 is 0 Å². The first kappa shape index (κ1) is 9.72. The lowest BCUT2D eigenvalue weighted by Gasteiger charge is -1.99. The van der Waals surface area contributed by atoms with Crippen molar-refractivity contribution in [3.05, 3.63) is 55.0 Å². The van der Waals surface area contributed by atoms with E-state index in [-0.39, 0.29) is 0 Å². The van der Waals surface area contributed by atoms with Crippen LogP contribution in [0.2, 0.25) is 0 Å². The van der Waals surface area contributed by atoms with Crippen LogP contribution in [0.4, 0.5) is 11.5 Å². The molecule has 0 unspecified atom stereocenters. The number of rotatable bonds is 2. The maximum absolute atomic E-state index is 4.23. The van der Waals surface area contributed by atoms with E-state index in [9.17, 15) is 0 Å². The Morgan fingerprint density at radius 1 is 0.941 bits per heavy atom. The fourth-order valence-corrected chi connectivity index (χ4v) is 1.71. The molecule has 0 saturated carbocycles. The van der Waals surface area contributed by atoms with Crippen molar-refractivity contribution in [1.82, 2.24) is 9.97 Å². The Hall–Kier alpha value is -2.49. The Morgan fingerprint density at radius 2 is 1.82 bits per heavy atom. The summed E-state index contributed by atoms with van der Waals surface area (Å²) in [6.45, 7) is 0. The van der Waals surface area contributed by atoms with Crippen LogP contribution in [0.3, 0.4) is 0 Å². The van der Waals surface area contributed by atoms with Gasteiger partial charge in [0.1, 0.15) is 0 Å². The van der Waals surface area contributed by atoms with Gasteiger partial charge >= 0.3 is 0 Å². The number of hydrogen-bond donors (Lipinski definition) is 1. The molecule has 1 N–H and O–H groups in total. The molecule has 3 rings (SSSR count). The van der Waals surface area contributed by atoms with Gasteiger partial charge in [0.25, 0.3) is 0 Å². The summed E-state index contributed by atoms with van der Waals surface area (Å²) in [4.78, 5) is 6.77. The summed E-state index contributed by atoms with van der Waals surface area (Å²) >= 11 is 0. The first-order valence-electron chi connectivity index (χ1n) is 5.31. The van der Waals surface area contributed by atoms with E-state index >= 15 is 0 Å². The van der Waals surface area contributed by atoms with Crippen LogP contribution < -0.4 is 0 Å². The third-order valence-corrected chi connectivity index (χ3v) is 2.52. The molecule has 1 heterocycles. The summed E-state index contributed by atoms with van der Waals surface area (Å²) < 4.78 is 0. The molecule has 2 aromatic carbocycles. The largest absolute Gasteiger partial charge is 0.328 e. The van der Waals surface area contributed by atoms with E-state index in [1.807, 2.05) is 30.3 Å². The molecule has 82 valence electrons. The van der Waals surface area contributed by atoms with E-state index in [1.165, 1.54) is 0 Å². The Balaban J connectivity index is 2.06. The average molecular weight is 222 g/mol. The van der Waals surface area contributed by atoms with Crippen LogP contribution in [0.1, 0.15) is 0 Å². The fourth-order valence-electron chi connectivity index (χ4n) is 1.71. The maximum Gasteiger partial charge on any atom is 0.172 e. The van der Waals surface area contributed by atoms with Crippen LogP contribution in [0.5, 0.6) is 0 Å². The predicted octanol–water partition coefficient (Wildman–Crippen LogP) is 3.98. The standard InChI is InChI=1S/C13H10N4/c1-2-6-11-10(4-1)5-3-7-12(11)16-17-13-8-14-9-15-13/h1-9H,(H,14,15). The summed E-state index contributed by atoms with van der Waals surface area (Å²) in [5.41, 5.74) is 0.859. The van der Waals surface area contributed by atoms with Crippen molar-refractivity contribution in [3.63, 3.8) is 0 Å². The molecule has 0 fully saturated rings. The SMILES string of the molecule is c1ccc2c(N=Nc3cnc[nH]3)cccc2c1. The van der Waals surface area contributed by atoms with Gasteiger partial charge in [-0.15, -0.1) is 10.2 Å². The number of aromatic nitrogens is 2. The quantitative estimate of drug-likeness (QED) is 0.655. The van der Waals surface area contributed by atoms with Crippen molar-refractivity contribution in [2.45, 2.75) is 0 Å². The number of aromatic amines is 1. The normalized spacial score (nSPS) is 11.3. The monoisotopic (exact) mass is 222 g/mol. The van der Waals surface area contributed by atoms with Gasteiger partial charge in [0.2, 0.25) is 0 Å². The molecular formula is C13H10N4. The maximum atomic E-state index is 4.23. The zero-order valence-electron chi connectivity index (χ0n) is 9.04. The number of nitrogens with zero attached hydrogens (tertiary/aromatic N) is 3. The summed E-state index contributed by atoms with van der Waals surface area (Å²) in [5.74, 6) is 0.651. The highest BCUT2D eigenvalue weighted by Crippen LogP contribution is 2.26. The topological polar surface area (TPSA) is 53.4 Å². The smallest absolute Gasteiger partial charge is 0.172 e. The third-order valence-electron chi connectivity index (χ3n) is 2.52. The second-order valence-corrected chi connectivity index (χ2v) is 3.64. The molecule has 1 aromatic heterocycles. The second kappa shape index (κ2) is 4.17. The van der Waals surface area contributed by atoms with Crippen LogP contribution in [0.15, 0.2) is 65.2 Å². The summed E-state index contributed by atoms with van der Waals surface area (Å²) in [5, 5.41) is 10.6. The van der Waals surface area contributed by atoms with Gasteiger partial charge in [0, 0.05) is 5.39 Å². The number of fused-ring (bicyclic) bond motifs is 1. The highest BCUT2D eigenvalue weighted by atomic mass is 15.2. The lowest BCUT2D eigenvalue weighted by Crippen LogP contribution is -1.72. The van der Waals surface area contributed by atoms with Gasteiger partial charge in [-0.1, -0.05) is 36.4 Å². The molecular weight excluding hydrogens is 212 g/mol. The Labute approximate surface area is 98.0 Å². The van der Waals surface area contributed by atoms with E-state index in [4.69, 9.17) is 0 Å². The van der Waals surface area contributed by atoms with Gasteiger partial charge in [-0.2, -0.15) is 0 Å². The number of benzene rings is 2. The minimum Gasteiger partial charge on any atom is -0.328 e. The summed E-state index contributed by atoms with van der Waals surface area (Å²) in [6.07, 6.45) is 3.21. The molecule has 0 aliphatic carbocycles. The molecule has 0 spiro atoms. The molecule has 0 saturated heterocycles. The van der Waals surface area contributed by atoms with Crippen LogP contribution >= 0.6 is 0 Å². The first-order valence-corrected chi connectivity index (χ1v) is 5.31. The molecule has 17 heavy (non-hydrogen) atoms. The molecule has 0 aliphatic heterocycles. The highest BCUT2D eigenvalue weighted by molar-refractivity contribution is 5.92. The van der Waals surface area contributed by atoms with Crippen LogP contribution in [0, 0.1) is 0 Å². The molecule has 0 atom stereocenters. The summed E-state index contributed by atoms with van der Waals surface area (Å²) in [6, 6.07) is 14.1. The number of azo groups is 1. The molecule has 0 bridgehead atoms. The number of imidazole rings is 1. The van der Waals surface area contributed by atoms with E-state index < -0.39 is 0 Å². The van der Waals surface area contributed by atoms with Crippen molar-refractivity contribution in [2.75, 3.05) is 0 Å². The minimum absolute atomic E-state index is 0.651. The third kappa shape index (κ3) is 1.92. The van der Waals surface area contributed by atoms with Crippen LogP contribution in [-0.4, -0.2) is 9.97 Å². The lowest BCUT2D eigenvalue weighted by molar-refractivity contribution is 1.19.